The van der Waals surface area contributed by atoms with Crippen LogP contribution in [0.5, 0.6) is 0 Å². The zero-order valence-corrected chi connectivity index (χ0v) is 17.3. The summed E-state index contributed by atoms with van der Waals surface area (Å²) in [7, 11) is 0. The minimum absolute atomic E-state index is 0.0898. The molecule has 0 atom stereocenters. The minimum atomic E-state index is -0.375. The van der Waals surface area contributed by atoms with Crippen LogP contribution in [0.1, 0.15) is 22.5 Å². The van der Waals surface area contributed by atoms with Crippen LogP contribution in [0.4, 0.5) is 0 Å². The van der Waals surface area contributed by atoms with E-state index in [1.807, 2.05) is 80.6 Å². The molecule has 2 aromatic carbocycles. The number of amides is 1. The summed E-state index contributed by atoms with van der Waals surface area (Å²) in [6, 6.07) is 21.7. The Morgan fingerprint density at radius 3 is 2.46 bits per heavy atom. The molecule has 0 spiro atoms. The Hall–Kier alpha value is -3.10. The van der Waals surface area contributed by atoms with Gasteiger partial charge in [0.1, 0.15) is 11.6 Å². The Morgan fingerprint density at radius 2 is 1.82 bits per heavy atom. The molecule has 0 unspecified atom stereocenters. The van der Waals surface area contributed by atoms with Gasteiger partial charge in [-0.25, -0.2) is 0 Å². The van der Waals surface area contributed by atoms with E-state index >= 15 is 0 Å². The molecule has 0 bridgehead atoms. The third-order valence-corrected chi connectivity index (χ3v) is 5.04. The predicted octanol–water partition coefficient (Wildman–Crippen LogP) is 5.08. The second kappa shape index (κ2) is 8.73. The highest BCUT2D eigenvalue weighted by Gasteiger charge is 2.13. The van der Waals surface area contributed by atoms with Crippen LogP contribution < -0.4 is 5.32 Å². The van der Waals surface area contributed by atoms with Gasteiger partial charge in [0.25, 0.3) is 5.91 Å². The predicted molar refractivity (Wildman–Crippen MR) is 115 cm³/mol. The Labute approximate surface area is 173 Å². The zero-order valence-electron chi connectivity index (χ0n) is 15.7. The lowest BCUT2D eigenvalue weighted by molar-refractivity contribution is -0.117. The summed E-state index contributed by atoms with van der Waals surface area (Å²) < 4.78 is 3.12. The number of nitrogens with zero attached hydrogens (tertiary/aromatic N) is 2. The fourth-order valence-corrected chi connectivity index (χ4v) is 3.36. The van der Waals surface area contributed by atoms with Crippen molar-refractivity contribution in [1.29, 1.82) is 5.26 Å². The van der Waals surface area contributed by atoms with Crippen molar-refractivity contribution < 1.29 is 4.79 Å². The molecule has 28 heavy (non-hydrogen) atoms. The van der Waals surface area contributed by atoms with Gasteiger partial charge in [0, 0.05) is 28.1 Å². The number of hydrogen-bond donors (Lipinski definition) is 1. The average molecular weight is 434 g/mol. The molecule has 0 aliphatic carbocycles. The number of hydrogen-bond acceptors (Lipinski definition) is 2. The molecule has 3 rings (SSSR count). The number of nitrogens with one attached hydrogen (secondary N) is 1. The van der Waals surface area contributed by atoms with E-state index in [2.05, 4.69) is 25.8 Å². The molecular formula is C23H20BrN3O. The molecule has 0 fully saturated rings. The highest BCUT2D eigenvalue weighted by molar-refractivity contribution is 9.10. The van der Waals surface area contributed by atoms with E-state index in [1.54, 1.807) is 6.08 Å². The maximum absolute atomic E-state index is 12.4. The number of aryl methyl sites for hydroxylation is 1. The summed E-state index contributed by atoms with van der Waals surface area (Å²) in [6.45, 7) is 4.38. The van der Waals surface area contributed by atoms with Gasteiger partial charge >= 0.3 is 0 Å². The molecule has 140 valence electrons. The standard InChI is InChI=1S/C23H20BrN3O/c1-16-12-19(17(2)27(16)22-10-8-21(24)9-11-22)13-20(14-25)23(28)26-15-18-6-4-3-5-7-18/h3-13H,15H2,1-2H3,(H,26,28)/b20-13-. The Balaban J connectivity index is 1.84. The maximum atomic E-state index is 12.4. The van der Waals surface area contributed by atoms with Crippen molar-refractivity contribution in [2.24, 2.45) is 0 Å². The SMILES string of the molecule is Cc1cc(/C=C(/C#N)C(=O)NCc2ccccc2)c(C)n1-c1ccc(Br)cc1. The van der Waals surface area contributed by atoms with Crippen LogP contribution >= 0.6 is 15.9 Å². The summed E-state index contributed by atoms with van der Waals surface area (Å²) in [5.41, 5.74) is 4.97. The van der Waals surface area contributed by atoms with E-state index in [0.29, 0.717) is 6.54 Å². The topological polar surface area (TPSA) is 57.8 Å². The lowest BCUT2D eigenvalue weighted by atomic mass is 10.1. The first-order chi connectivity index (χ1) is 13.5. The van der Waals surface area contributed by atoms with E-state index in [0.717, 1.165) is 32.7 Å². The van der Waals surface area contributed by atoms with Crippen molar-refractivity contribution in [3.63, 3.8) is 0 Å². The fraction of sp³-hybridized carbons (Fsp3) is 0.130. The lowest BCUT2D eigenvalue weighted by Gasteiger charge is -2.09. The number of nitriles is 1. The summed E-state index contributed by atoms with van der Waals surface area (Å²) in [5.74, 6) is -0.375. The zero-order chi connectivity index (χ0) is 20.1. The monoisotopic (exact) mass is 433 g/mol. The largest absolute Gasteiger partial charge is 0.347 e. The van der Waals surface area contributed by atoms with Gasteiger partial charge in [-0.3, -0.25) is 4.79 Å². The van der Waals surface area contributed by atoms with E-state index in [1.165, 1.54) is 0 Å². The molecule has 0 aliphatic rings. The van der Waals surface area contributed by atoms with Crippen molar-refractivity contribution >= 4 is 27.9 Å². The summed E-state index contributed by atoms with van der Waals surface area (Å²) in [4.78, 5) is 12.4. The van der Waals surface area contributed by atoms with Crippen molar-refractivity contribution in [1.82, 2.24) is 9.88 Å². The third-order valence-electron chi connectivity index (χ3n) is 4.52. The number of benzene rings is 2. The van der Waals surface area contributed by atoms with Crippen LogP contribution in [0, 0.1) is 25.2 Å². The molecule has 1 heterocycles. The second-order valence-electron chi connectivity index (χ2n) is 6.48. The third kappa shape index (κ3) is 4.41. The fourth-order valence-electron chi connectivity index (χ4n) is 3.10. The van der Waals surface area contributed by atoms with E-state index < -0.39 is 0 Å². The second-order valence-corrected chi connectivity index (χ2v) is 7.39. The number of carbonyl (C=O) groups excluding carboxylic acids is 1. The van der Waals surface area contributed by atoms with E-state index in [9.17, 15) is 10.1 Å². The number of halogens is 1. The first-order valence-electron chi connectivity index (χ1n) is 8.88. The molecule has 0 radical (unpaired) electrons. The molecule has 1 aromatic heterocycles. The Morgan fingerprint density at radius 1 is 1.14 bits per heavy atom. The summed E-state index contributed by atoms with van der Waals surface area (Å²) >= 11 is 3.45. The van der Waals surface area contributed by atoms with Crippen molar-refractivity contribution in [2.45, 2.75) is 20.4 Å². The number of rotatable bonds is 5. The van der Waals surface area contributed by atoms with Gasteiger partial charge in [-0.15, -0.1) is 0 Å². The van der Waals surface area contributed by atoms with E-state index in [4.69, 9.17) is 0 Å². The van der Waals surface area contributed by atoms with Gasteiger partial charge in [-0.05, 0) is 61.4 Å². The smallest absolute Gasteiger partial charge is 0.262 e. The average Bonchev–Trinajstić information content (AvgIpc) is 2.99. The molecule has 1 amide bonds. The van der Waals surface area contributed by atoms with Gasteiger partial charge in [-0.1, -0.05) is 46.3 Å². The molecule has 3 aromatic rings. The highest BCUT2D eigenvalue weighted by atomic mass is 79.9. The van der Waals surface area contributed by atoms with Gasteiger partial charge in [0.05, 0.1) is 0 Å². The maximum Gasteiger partial charge on any atom is 0.262 e. The summed E-state index contributed by atoms with van der Waals surface area (Å²) in [6.07, 6.45) is 1.65. The first-order valence-corrected chi connectivity index (χ1v) is 9.67. The van der Waals surface area contributed by atoms with Crippen LogP contribution in [-0.4, -0.2) is 10.5 Å². The van der Waals surface area contributed by atoms with Gasteiger partial charge in [0.2, 0.25) is 0 Å². The van der Waals surface area contributed by atoms with Gasteiger partial charge in [-0.2, -0.15) is 5.26 Å². The highest BCUT2D eigenvalue weighted by Crippen LogP contribution is 2.24. The Kier molecular flexibility index (Phi) is 6.13. The molecule has 4 nitrogen and oxygen atoms in total. The summed E-state index contributed by atoms with van der Waals surface area (Å²) in [5, 5.41) is 12.3. The van der Waals surface area contributed by atoms with Crippen molar-refractivity contribution in [2.75, 3.05) is 0 Å². The lowest BCUT2D eigenvalue weighted by Crippen LogP contribution is -2.23. The molecule has 0 saturated carbocycles. The number of aromatic nitrogens is 1. The van der Waals surface area contributed by atoms with Crippen molar-refractivity contribution in [3.8, 4) is 11.8 Å². The normalized spacial score (nSPS) is 11.1. The van der Waals surface area contributed by atoms with Crippen LogP contribution in [0.3, 0.4) is 0 Å². The van der Waals surface area contributed by atoms with Crippen LogP contribution in [0.25, 0.3) is 11.8 Å². The van der Waals surface area contributed by atoms with Gasteiger partial charge < -0.3 is 9.88 Å². The first kappa shape index (κ1) is 19.7. The molecule has 0 aliphatic heterocycles. The van der Waals surface area contributed by atoms with E-state index in [-0.39, 0.29) is 11.5 Å². The molecule has 5 heteroatoms. The van der Waals surface area contributed by atoms with Crippen molar-refractivity contribution in [3.05, 3.63) is 93.2 Å². The van der Waals surface area contributed by atoms with Crippen LogP contribution in [0.2, 0.25) is 0 Å². The van der Waals surface area contributed by atoms with Crippen LogP contribution in [0.15, 0.2) is 70.7 Å². The molecule has 0 saturated heterocycles. The minimum Gasteiger partial charge on any atom is -0.347 e. The van der Waals surface area contributed by atoms with Gasteiger partial charge in [0.15, 0.2) is 0 Å². The quantitative estimate of drug-likeness (QED) is 0.450. The molecule has 1 N–H and O–H groups in total. The van der Waals surface area contributed by atoms with Crippen LogP contribution in [-0.2, 0) is 11.3 Å². The molecular weight excluding hydrogens is 414 g/mol. The number of carbonyl (C=O) groups is 1. The Bertz CT molecular complexity index is 1060.